The van der Waals surface area contributed by atoms with Gasteiger partial charge in [0.2, 0.25) is 17.7 Å². The summed E-state index contributed by atoms with van der Waals surface area (Å²) in [4.78, 5) is 58.6. The van der Waals surface area contributed by atoms with Gasteiger partial charge in [-0.25, -0.2) is 9.78 Å². The van der Waals surface area contributed by atoms with Gasteiger partial charge in [-0.15, -0.1) is 0 Å². The number of aromatic nitrogens is 2. The van der Waals surface area contributed by atoms with E-state index in [1.807, 2.05) is 13.8 Å². The minimum atomic E-state index is -1.32. The molecular formula is C30H38N6O7. The van der Waals surface area contributed by atoms with Crippen LogP contribution in [-0.4, -0.2) is 73.1 Å². The first-order valence-corrected chi connectivity index (χ1v) is 13.8. The van der Waals surface area contributed by atoms with Crippen LogP contribution in [0.5, 0.6) is 11.5 Å². The van der Waals surface area contributed by atoms with Gasteiger partial charge in [-0.3, -0.25) is 14.4 Å². The summed E-state index contributed by atoms with van der Waals surface area (Å²) in [5.74, 6) is -3.13. The van der Waals surface area contributed by atoms with Gasteiger partial charge in [-0.05, 0) is 54.2 Å². The lowest BCUT2D eigenvalue weighted by Crippen LogP contribution is -2.58. The van der Waals surface area contributed by atoms with Crippen molar-refractivity contribution < 1.29 is 34.5 Å². The van der Waals surface area contributed by atoms with E-state index in [2.05, 4.69) is 25.9 Å². The molecule has 0 radical (unpaired) electrons. The summed E-state index contributed by atoms with van der Waals surface area (Å²) in [6.45, 7) is 3.75. The van der Waals surface area contributed by atoms with Crippen LogP contribution >= 0.6 is 0 Å². The van der Waals surface area contributed by atoms with Crippen molar-refractivity contribution in [3.63, 3.8) is 0 Å². The number of carbonyl (C=O) groups is 4. The fourth-order valence-corrected chi connectivity index (χ4v) is 4.40. The van der Waals surface area contributed by atoms with E-state index in [0.717, 1.165) is 5.56 Å². The van der Waals surface area contributed by atoms with Crippen molar-refractivity contribution in [2.24, 2.45) is 11.7 Å². The summed E-state index contributed by atoms with van der Waals surface area (Å²) >= 11 is 0. The molecule has 0 aliphatic carbocycles. The van der Waals surface area contributed by atoms with Gasteiger partial charge < -0.3 is 42.0 Å². The summed E-state index contributed by atoms with van der Waals surface area (Å²) in [7, 11) is 0. The highest BCUT2D eigenvalue weighted by Crippen LogP contribution is 2.13. The lowest BCUT2D eigenvalue weighted by molar-refractivity contribution is -0.142. The Balaban J connectivity index is 1.73. The topological polar surface area (TPSA) is 220 Å². The van der Waals surface area contributed by atoms with Crippen LogP contribution in [0.1, 0.15) is 37.1 Å². The Hall–Kier alpha value is -4.91. The normalized spacial score (nSPS) is 13.9. The first kappa shape index (κ1) is 32.6. The zero-order valence-corrected chi connectivity index (χ0v) is 24.0. The highest BCUT2D eigenvalue weighted by atomic mass is 16.4. The Labute approximate surface area is 248 Å². The number of H-pyrrole nitrogens is 1. The van der Waals surface area contributed by atoms with Crippen LogP contribution in [0.15, 0.2) is 61.1 Å². The van der Waals surface area contributed by atoms with E-state index in [-0.39, 0.29) is 43.1 Å². The maximum atomic E-state index is 13.5. The number of nitrogens with two attached hydrogens (primary N) is 1. The van der Waals surface area contributed by atoms with Gasteiger partial charge in [0.15, 0.2) is 0 Å². The molecule has 3 aromatic rings. The SMILES string of the molecule is CC(C)CC(NC(=O)C(N)Cc1ccc(O)cc1)C(=O)NC(Cc1cnc[nH]1)C(=O)NC(Cc1ccc(O)cc1)C(=O)O. The van der Waals surface area contributed by atoms with E-state index < -0.39 is 47.9 Å². The Morgan fingerprint density at radius 2 is 1.28 bits per heavy atom. The maximum absolute atomic E-state index is 13.5. The third-order valence-corrected chi connectivity index (χ3v) is 6.67. The molecule has 9 N–H and O–H groups in total. The molecule has 0 aliphatic heterocycles. The highest BCUT2D eigenvalue weighted by Gasteiger charge is 2.31. The molecule has 1 heterocycles. The van der Waals surface area contributed by atoms with E-state index in [4.69, 9.17) is 5.73 Å². The number of carbonyl (C=O) groups excluding carboxylic acids is 3. The maximum Gasteiger partial charge on any atom is 0.326 e. The van der Waals surface area contributed by atoms with Crippen molar-refractivity contribution in [1.29, 1.82) is 0 Å². The fraction of sp³-hybridized carbons (Fsp3) is 0.367. The van der Waals surface area contributed by atoms with Gasteiger partial charge in [-0.2, -0.15) is 0 Å². The average molecular weight is 595 g/mol. The van der Waals surface area contributed by atoms with Crippen LogP contribution in [0.3, 0.4) is 0 Å². The van der Waals surface area contributed by atoms with Crippen LogP contribution in [0.25, 0.3) is 0 Å². The lowest BCUT2D eigenvalue weighted by Gasteiger charge is -2.26. The third kappa shape index (κ3) is 10.5. The standard InChI is InChI=1S/C30H38N6O7/c1-17(2)11-24(34-27(39)23(31)12-18-3-7-21(37)8-4-18)28(40)35-25(14-20-15-32-16-33-20)29(41)36-26(30(42)43)13-19-5-9-22(38)10-6-19/h3-10,15-17,23-26,37-38H,11-14,31H2,1-2H3,(H,32,33)(H,34,39)(H,35,40)(H,36,41)(H,42,43). The molecule has 0 saturated carbocycles. The van der Waals surface area contributed by atoms with E-state index in [0.29, 0.717) is 11.3 Å². The van der Waals surface area contributed by atoms with Crippen molar-refractivity contribution >= 4 is 23.7 Å². The Morgan fingerprint density at radius 1 is 0.767 bits per heavy atom. The Morgan fingerprint density at radius 3 is 1.79 bits per heavy atom. The van der Waals surface area contributed by atoms with Crippen LogP contribution in [-0.2, 0) is 38.4 Å². The third-order valence-electron chi connectivity index (χ3n) is 6.67. The molecule has 0 fully saturated rings. The summed E-state index contributed by atoms with van der Waals surface area (Å²) in [6, 6.07) is 7.66. The second-order valence-electron chi connectivity index (χ2n) is 10.8. The van der Waals surface area contributed by atoms with Gasteiger partial charge in [0.05, 0.1) is 12.4 Å². The Kier molecular flexibility index (Phi) is 11.6. The molecule has 3 rings (SSSR count). The molecular weight excluding hydrogens is 556 g/mol. The van der Waals surface area contributed by atoms with Gasteiger partial charge >= 0.3 is 5.97 Å². The molecule has 13 heteroatoms. The van der Waals surface area contributed by atoms with Crippen molar-refractivity contribution in [3.05, 3.63) is 77.9 Å². The second-order valence-corrected chi connectivity index (χ2v) is 10.8. The van der Waals surface area contributed by atoms with Crippen molar-refractivity contribution in [3.8, 4) is 11.5 Å². The highest BCUT2D eigenvalue weighted by molar-refractivity contribution is 5.94. The number of carboxylic acids is 1. The number of aromatic hydroxyl groups is 2. The quantitative estimate of drug-likeness (QED) is 0.124. The molecule has 0 aliphatic rings. The van der Waals surface area contributed by atoms with E-state index in [1.54, 1.807) is 24.3 Å². The van der Waals surface area contributed by atoms with Crippen LogP contribution in [0.2, 0.25) is 0 Å². The molecule has 3 amide bonds. The first-order valence-electron chi connectivity index (χ1n) is 13.8. The number of hydrogen-bond acceptors (Lipinski definition) is 8. The second kappa shape index (κ2) is 15.4. The minimum absolute atomic E-state index is 0.00837. The monoisotopic (exact) mass is 594 g/mol. The van der Waals surface area contributed by atoms with Gasteiger partial charge in [0.1, 0.15) is 29.6 Å². The largest absolute Gasteiger partial charge is 0.508 e. The first-order chi connectivity index (χ1) is 20.4. The smallest absolute Gasteiger partial charge is 0.326 e. The number of imidazole rings is 1. The number of hydrogen-bond donors (Lipinski definition) is 8. The predicted octanol–water partition coefficient (Wildman–Crippen LogP) is 0.761. The number of aromatic amines is 1. The number of rotatable bonds is 15. The summed E-state index contributed by atoms with van der Waals surface area (Å²) in [5.41, 5.74) is 7.93. The summed E-state index contributed by atoms with van der Waals surface area (Å²) in [5, 5.41) is 36.6. The van der Waals surface area contributed by atoms with Gasteiger partial charge in [0.25, 0.3) is 0 Å². The molecule has 2 aromatic carbocycles. The molecule has 0 saturated heterocycles. The molecule has 4 unspecified atom stereocenters. The summed E-state index contributed by atoms with van der Waals surface area (Å²) < 4.78 is 0. The number of benzene rings is 2. The van der Waals surface area contributed by atoms with Crippen molar-refractivity contribution in [2.45, 2.75) is 63.7 Å². The molecule has 230 valence electrons. The number of phenols is 2. The number of nitrogens with one attached hydrogen (secondary N) is 4. The molecule has 13 nitrogen and oxygen atoms in total. The summed E-state index contributed by atoms with van der Waals surface area (Å²) in [6.07, 6.45) is 3.23. The predicted molar refractivity (Wildman–Crippen MR) is 157 cm³/mol. The lowest BCUT2D eigenvalue weighted by atomic mass is 10.0. The average Bonchev–Trinajstić information content (AvgIpc) is 3.47. The molecule has 43 heavy (non-hydrogen) atoms. The molecule has 1 aromatic heterocycles. The zero-order valence-electron chi connectivity index (χ0n) is 24.0. The molecule has 0 spiro atoms. The number of phenolic OH excluding ortho intramolecular Hbond substituents is 2. The minimum Gasteiger partial charge on any atom is -0.508 e. The number of carboxylic acid groups (broad SMARTS) is 1. The fourth-order valence-electron chi connectivity index (χ4n) is 4.40. The molecule has 4 atom stereocenters. The molecule has 0 bridgehead atoms. The van der Waals surface area contributed by atoms with Gasteiger partial charge in [-0.1, -0.05) is 38.1 Å². The van der Waals surface area contributed by atoms with Crippen molar-refractivity contribution in [1.82, 2.24) is 25.9 Å². The Bertz CT molecular complexity index is 1360. The van der Waals surface area contributed by atoms with Crippen molar-refractivity contribution in [2.75, 3.05) is 0 Å². The van der Waals surface area contributed by atoms with E-state index >= 15 is 0 Å². The van der Waals surface area contributed by atoms with Gasteiger partial charge in [0, 0.05) is 24.7 Å². The van der Waals surface area contributed by atoms with E-state index in [1.165, 1.54) is 36.8 Å². The number of aliphatic carboxylic acids is 1. The van der Waals surface area contributed by atoms with E-state index in [9.17, 15) is 34.5 Å². The number of nitrogens with zero attached hydrogens (tertiary/aromatic N) is 1. The van der Waals surface area contributed by atoms with Crippen LogP contribution < -0.4 is 21.7 Å². The zero-order chi connectivity index (χ0) is 31.5. The van der Waals surface area contributed by atoms with Crippen LogP contribution in [0, 0.1) is 5.92 Å². The number of amides is 3. The van der Waals surface area contributed by atoms with Crippen LogP contribution in [0.4, 0.5) is 0 Å².